The van der Waals surface area contributed by atoms with Crippen LogP contribution in [0.15, 0.2) is 65.4 Å². The van der Waals surface area contributed by atoms with Gasteiger partial charge >= 0.3 is 5.97 Å². The van der Waals surface area contributed by atoms with Crippen LogP contribution < -0.4 is 0 Å². The Kier molecular flexibility index (Phi) is 6.14. The van der Waals surface area contributed by atoms with E-state index in [9.17, 15) is 9.18 Å². The molecule has 4 nitrogen and oxygen atoms in total. The molecular weight excluding hydrogens is 329 g/mol. The number of halogens is 1. The summed E-state index contributed by atoms with van der Waals surface area (Å²) in [5.41, 5.74) is 2.36. The van der Waals surface area contributed by atoms with E-state index in [2.05, 4.69) is 17.6 Å². The van der Waals surface area contributed by atoms with Crippen LogP contribution in [0.2, 0.25) is 0 Å². The molecule has 3 rings (SSSR count). The van der Waals surface area contributed by atoms with E-state index < -0.39 is 11.2 Å². The number of oxazole rings is 1. The Hall–Kier alpha value is -2.60. The van der Waals surface area contributed by atoms with Crippen molar-refractivity contribution in [2.24, 2.45) is 0 Å². The summed E-state index contributed by atoms with van der Waals surface area (Å²) in [4.78, 5) is 13.8. The topological polar surface area (TPSA) is 63.3 Å². The van der Waals surface area contributed by atoms with Gasteiger partial charge in [0, 0.05) is 11.1 Å². The Morgan fingerprint density at radius 1 is 1.17 bits per heavy atom. The summed E-state index contributed by atoms with van der Waals surface area (Å²) in [6.07, 6.45) is 1.38. The van der Waals surface area contributed by atoms with E-state index in [1.165, 1.54) is 25.5 Å². The molecule has 2 aromatic carbocycles. The van der Waals surface area contributed by atoms with Crippen LogP contribution in [0.25, 0.3) is 22.6 Å². The molecule has 1 heterocycles. The molecular formula is C18H16FNO3S. The van der Waals surface area contributed by atoms with Crippen molar-refractivity contribution >= 4 is 18.6 Å². The standard InChI is InChI=1S/C15H10FNO.C3H6O2S/c16-13-8-4-7-12(9-13)15-14(17-10-18-15)11-5-2-1-3-6-11;1-2(6)3(4)5/h1-10H;2,6H,1H3,(H,4,5). The van der Waals surface area contributed by atoms with Gasteiger partial charge in [-0.05, 0) is 19.1 Å². The number of rotatable bonds is 3. The van der Waals surface area contributed by atoms with Gasteiger partial charge in [-0.15, -0.1) is 0 Å². The van der Waals surface area contributed by atoms with Crippen molar-refractivity contribution in [1.29, 1.82) is 0 Å². The first kappa shape index (κ1) is 17.7. The first-order valence-corrected chi connectivity index (χ1v) is 7.66. The van der Waals surface area contributed by atoms with E-state index >= 15 is 0 Å². The smallest absolute Gasteiger partial charge is 0.316 e. The van der Waals surface area contributed by atoms with Gasteiger partial charge in [-0.2, -0.15) is 12.6 Å². The molecule has 0 radical (unpaired) electrons. The lowest BCUT2D eigenvalue weighted by atomic mass is 10.1. The molecule has 1 atom stereocenters. The summed E-state index contributed by atoms with van der Waals surface area (Å²) < 4.78 is 18.6. The van der Waals surface area contributed by atoms with Gasteiger partial charge in [0.05, 0.1) is 5.25 Å². The van der Waals surface area contributed by atoms with Gasteiger partial charge in [0.25, 0.3) is 0 Å². The Balaban J connectivity index is 0.000000301. The number of aromatic nitrogens is 1. The van der Waals surface area contributed by atoms with Crippen LogP contribution in [0.1, 0.15) is 6.92 Å². The molecule has 0 fully saturated rings. The monoisotopic (exact) mass is 345 g/mol. The second-order valence-corrected chi connectivity index (χ2v) is 5.70. The third-order valence-corrected chi connectivity index (χ3v) is 3.28. The predicted octanol–water partition coefficient (Wildman–Crippen LogP) is 4.54. The van der Waals surface area contributed by atoms with Gasteiger partial charge in [0.1, 0.15) is 11.5 Å². The SMILES string of the molecule is CC(S)C(=O)O.Fc1cccc(-c2ocnc2-c2ccccc2)c1. The van der Waals surface area contributed by atoms with Crippen LogP contribution in [0.3, 0.4) is 0 Å². The van der Waals surface area contributed by atoms with Crippen molar-refractivity contribution in [1.82, 2.24) is 4.98 Å². The fraction of sp³-hybridized carbons (Fsp3) is 0.111. The molecule has 3 aromatic rings. The molecule has 0 spiro atoms. The third-order valence-electron chi connectivity index (χ3n) is 3.06. The molecule has 0 saturated heterocycles. The molecule has 0 amide bonds. The Morgan fingerprint density at radius 2 is 1.79 bits per heavy atom. The van der Waals surface area contributed by atoms with Crippen LogP contribution in [0.5, 0.6) is 0 Å². The van der Waals surface area contributed by atoms with Gasteiger partial charge in [0.2, 0.25) is 0 Å². The lowest BCUT2D eigenvalue weighted by molar-refractivity contribution is -0.136. The van der Waals surface area contributed by atoms with Gasteiger partial charge in [-0.25, -0.2) is 9.37 Å². The Morgan fingerprint density at radius 3 is 2.38 bits per heavy atom. The fourth-order valence-electron chi connectivity index (χ4n) is 1.88. The maximum absolute atomic E-state index is 13.2. The Labute approximate surface area is 144 Å². The number of hydrogen-bond acceptors (Lipinski definition) is 4. The first-order valence-electron chi connectivity index (χ1n) is 7.14. The van der Waals surface area contributed by atoms with Crippen molar-refractivity contribution in [3.8, 4) is 22.6 Å². The minimum absolute atomic E-state index is 0.289. The van der Waals surface area contributed by atoms with Crippen LogP contribution in [-0.2, 0) is 4.79 Å². The zero-order valence-corrected chi connectivity index (χ0v) is 13.8. The average molecular weight is 345 g/mol. The zero-order valence-electron chi connectivity index (χ0n) is 12.9. The van der Waals surface area contributed by atoms with Crippen LogP contribution in [0, 0.1) is 5.82 Å². The van der Waals surface area contributed by atoms with Crippen molar-refractivity contribution in [2.75, 3.05) is 0 Å². The highest BCUT2D eigenvalue weighted by Gasteiger charge is 2.12. The molecule has 24 heavy (non-hydrogen) atoms. The van der Waals surface area contributed by atoms with E-state index in [4.69, 9.17) is 9.52 Å². The average Bonchev–Trinajstić information content (AvgIpc) is 3.06. The molecule has 0 aliphatic carbocycles. The predicted molar refractivity (Wildman–Crippen MR) is 93.4 cm³/mol. The molecule has 1 unspecified atom stereocenters. The zero-order chi connectivity index (χ0) is 17.5. The number of carbonyl (C=O) groups is 1. The molecule has 124 valence electrons. The molecule has 6 heteroatoms. The number of thiol groups is 1. The summed E-state index contributed by atoms with van der Waals surface area (Å²) in [6.45, 7) is 1.51. The number of aliphatic carboxylic acids is 1. The highest BCUT2D eigenvalue weighted by atomic mass is 32.1. The summed E-state index contributed by atoms with van der Waals surface area (Å²) in [6, 6.07) is 16.0. The molecule has 0 aliphatic heterocycles. The summed E-state index contributed by atoms with van der Waals surface area (Å²) >= 11 is 3.59. The van der Waals surface area contributed by atoms with E-state index in [0.29, 0.717) is 11.3 Å². The number of carboxylic acids is 1. The highest BCUT2D eigenvalue weighted by molar-refractivity contribution is 7.81. The number of nitrogens with zero attached hydrogens (tertiary/aromatic N) is 1. The minimum Gasteiger partial charge on any atom is -0.480 e. The number of benzene rings is 2. The second-order valence-electron chi connectivity index (χ2n) is 4.92. The van der Waals surface area contributed by atoms with E-state index in [-0.39, 0.29) is 5.82 Å². The van der Waals surface area contributed by atoms with Crippen molar-refractivity contribution in [2.45, 2.75) is 12.2 Å². The van der Waals surface area contributed by atoms with E-state index in [0.717, 1.165) is 11.3 Å². The van der Waals surface area contributed by atoms with Gasteiger partial charge in [-0.1, -0.05) is 42.5 Å². The van der Waals surface area contributed by atoms with Crippen molar-refractivity contribution < 1.29 is 18.7 Å². The molecule has 1 N–H and O–H groups in total. The maximum Gasteiger partial charge on any atom is 0.316 e. The van der Waals surface area contributed by atoms with Crippen molar-refractivity contribution in [3.05, 3.63) is 66.8 Å². The molecule has 0 bridgehead atoms. The van der Waals surface area contributed by atoms with Crippen molar-refractivity contribution in [3.63, 3.8) is 0 Å². The normalized spacial score (nSPS) is 11.3. The van der Waals surface area contributed by atoms with Gasteiger partial charge in [-0.3, -0.25) is 4.79 Å². The summed E-state index contributed by atoms with van der Waals surface area (Å²) in [5.74, 6) is -0.582. The summed E-state index contributed by atoms with van der Waals surface area (Å²) in [5, 5.41) is 7.38. The maximum atomic E-state index is 13.2. The summed E-state index contributed by atoms with van der Waals surface area (Å²) in [7, 11) is 0. The quantitative estimate of drug-likeness (QED) is 0.684. The van der Waals surface area contributed by atoms with Gasteiger partial charge < -0.3 is 9.52 Å². The Bertz CT molecular complexity index is 803. The lowest BCUT2D eigenvalue weighted by Gasteiger charge is -2.01. The van der Waals surface area contributed by atoms with Gasteiger partial charge in [0.15, 0.2) is 12.2 Å². The highest BCUT2D eigenvalue weighted by Crippen LogP contribution is 2.30. The third kappa shape index (κ3) is 4.70. The second kappa shape index (κ2) is 8.31. The molecule has 0 aliphatic rings. The van der Waals surface area contributed by atoms with E-state index in [1.807, 2.05) is 30.3 Å². The minimum atomic E-state index is -0.877. The van der Waals surface area contributed by atoms with E-state index in [1.54, 1.807) is 12.1 Å². The fourth-order valence-corrected chi connectivity index (χ4v) is 1.88. The van der Waals surface area contributed by atoms with Crippen LogP contribution in [0.4, 0.5) is 4.39 Å². The van der Waals surface area contributed by atoms with Crippen LogP contribution in [-0.4, -0.2) is 21.3 Å². The first-order chi connectivity index (χ1) is 11.5. The number of hydrogen-bond donors (Lipinski definition) is 2. The molecule has 1 aromatic heterocycles. The van der Waals surface area contributed by atoms with Crippen LogP contribution >= 0.6 is 12.6 Å². The largest absolute Gasteiger partial charge is 0.480 e. The molecule has 0 saturated carbocycles. The number of carboxylic acid groups (broad SMARTS) is 1. The lowest BCUT2D eigenvalue weighted by Crippen LogP contribution is -2.06.